The molecule has 0 saturated carbocycles. The molecule has 67 heavy (non-hydrogen) atoms. The molecule has 0 fully saturated rings. The molecule has 0 radical (unpaired) electrons. The van der Waals surface area contributed by atoms with E-state index in [1.54, 1.807) is 0 Å². The summed E-state index contributed by atoms with van der Waals surface area (Å²) >= 11 is 1.89. The van der Waals surface area contributed by atoms with Crippen LogP contribution in [0.4, 0.5) is 0 Å². The molecule has 10 aromatic carbocycles. The fourth-order valence-electron chi connectivity index (χ4n) is 12.6. The molecular weight excluding hydrogens is 829 g/mol. The van der Waals surface area contributed by atoms with E-state index < -0.39 is 10.8 Å². The van der Waals surface area contributed by atoms with Crippen molar-refractivity contribution in [3.8, 4) is 56.0 Å². The summed E-state index contributed by atoms with van der Waals surface area (Å²) in [6.07, 6.45) is 0. The third-order valence-electron chi connectivity index (χ3n) is 15.2. The fraction of sp³-hybridized carbons (Fsp3) is 0.0312. The predicted molar refractivity (Wildman–Crippen MR) is 277 cm³/mol. The smallest absolute Gasteiger partial charge is 0.160 e. The van der Waals surface area contributed by atoms with Crippen molar-refractivity contribution in [2.75, 3.05) is 0 Å². The lowest BCUT2D eigenvalue weighted by atomic mass is 9.52. The Balaban J connectivity index is 1.04. The molecule has 2 aromatic heterocycles. The maximum absolute atomic E-state index is 5.52. The second-order valence-corrected chi connectivity index (χ2v) is 19.3. The number of aromatic nitrogens is 2. The van der Waals surface area contributed by atoms with Gasteiger partial charge in [-0.1, -0.05) is 206 Å². The zero-order valence-corrected chi connectivity index (χ0v) is 37.1. The second kappa shape index (κ2) is 13.6. The molecule has 0 unspecified atom stereocenters. The molecule has 3 heteroatoms. The highest BCUT2D eigenvalue weighted by atomic mass is 32.1. The number of nitrogens with zero attached hydrogens (tertiary/aromatic N) is 2. The first kappa shape index (κ1) is 37.0. The van der Waals surface area contributed by atoms with Gasteiger partial charge in [0.2, 0.25) is 0 Å². The van der Waals surface area contributed by atoms with Gasteiger partial charge in [0.1, 0.15) is 0 Å². The van der Waals surface area contributed by atoms with Gasteiger partial charge in [0.05, 0.1) is 22.0 Å². The molecule has 3 aliphatic carbocycles. The summed E-state index contributed by atoms with van der Waals surface area (Å²) in [6.45, 7) is 0. The maximum Gasteiger partial charge on any atom is 0.160 e. The van der Waals surface area contributed by atoms with Gasteiger partial charge in [-0.05, 0) is 102 Å². The topological polar surface area (TPSA) is 25.8 Å². The summed E-state index contributed by atoms with van der Waals surface area (Å²) in [4.78, 5) is 10.9. The molecule has 0 saturated heterocycles. The van der Waals surface area contributed by atoms with Crippen LogP contribution in [0.3, 0.4) is 0 Å². The Morgan fingerprint density at radius 3 is 1.52 bits per heavy atom. The highest BCUT2D eigenvalue weighted by Crippen LogP contribution is 2.68. The molecule has 0 aliphatic heterocycles. The highest BCUT2D eigenvalue weighted by molar-refractivity contribution is 7.26. The third-order valence-corrected chi connectivity index (χ3v) is 16.3. The van der Waals surface area contributed by atoms with Gasteiger partial charge < -0.3 is 0 Å². The van der Waals surface area contributed by atoms with Crippen molar-refractivity contribution in [1.82, 2.24) is 9.97 Å². The van der Waals surface area contributed by atoms with Crippen LogP contribution in [-0.4, -0.2) is 9.97 Å². The number of hydrogen-bond acceptors (Lipinski definition) is 3. The van der Waals surface area contributed by atoms with Gasteiger partial charge >= 0.3 is 0 Å². The monoisotopic (exact) mass is 866 g/mol. The molecular formula is C64H38N2S. The van der Waals surface area contributed by atoms with Gasteiger partial charge in [0, 0.05) is 36.7 Å². The standard InChI is InChI=1S/C64H38N2S/c1-2-16-39(17-3-1)40-30-32-41(33-31-40)61-46-20-6-14-28-56(46)65-62(66-61)42-34-35-45-55(38-42)64(54-36-37-58-60(59(45)54)47-21-7-15-29-57(47)67-58)52-26-12-10-24-50(52)63(51-25-11-13-27-53(51)64)48-22-8-4-18-43(48)44-19-5-9-23-49(44)63/h1-38H. The second-order valence-electron chi connectivity index (χ2n) is 18.3. The van der Waals surface area contributed by atoms with Crippen molar-refractivity contribution in [3.05, 3.63) is 275 Å². The average Bonchev–Trinajstić information content (AvgIpc) is 4.03. The zero-order chi connectivity index (χ0) is 43.8. The van der Waals surface area contributed by atoms with Crippen LogP contribution < -0.4 is 0 Å². The van der Waals surface area contributed by atoms with Crippen LogP contribution in [0.25, 0.3) is 87.1 Å². The van der Waals surface area contributed by atoms with E-state index in [0.29, 0.717) is 5.82 Å². The molecule has 15 rings (SSSR count). The molecule has 310 valence electrons. The minimum atomic E-state index is -0.657. The first-order chi connectivity index (χ1) is 33.2. The summed E-state index contributed by atoms with van der Waals surface area (Å²) in [5, 5.41) is 3.67. The van der Waals surface area contributed by atoms with Crippen molar-refractivity contribution < 1.29 is 0 Å². The van der Waals surface area contributed by atoms with Crippen LogP contribution in [0.1, 0.15) is 44.5 Å². The lowest BCUT2D eigenvalue weighted by Crippen LogP contribution is -2.43. The van der Waals surface area contributed by atoms with E-state index in [0.717, 1.165) is 27.7 Å². The zero-order valence-electron chi connectivity index (χ0n) is 36.2. The van der Waals surface area contributed by atoms with Gasteiger partial charge in [-0.2, -0.15) is 0 Å². The van der Waals surface area contributed by atoms with Gasteiger partial charge in [-0.3, -0.25) is 0 Å². The number of hydrogen-bond donors (Lipinski definition) is 0. The summed E-state index contributed by atoms with van der Waals surface area (Å²) in [5.41, 5.74) is 20.9. The molecule has 2 heterocycles. The lowest BCUT2D eigenvalue weighted by Gasteiger charge is -2.48. The minimum Gasteiger partial charge on any atom is -0.228 e. The summed E-state index contributed by atoms with van der Waals surface area (Å²) in [6, 6.07) is 85.7. The number of para-hydroxylation sites is 1. The minimum absolute atomic E-state index is 0.516. The number of rotatable bonds is 3. The molecule has 0 bridgehead atoms. The molecule has 2 nitrogen and oxygen atoms in total. The third kappa shape index (κ3) is 4.78. The van der Waals surface area contributed by atoms with Crippen molar-refractivity contribution in [1.29, 1.82) is 0 Å². The summed E-state index contributed by atoms with van der Waals surface area (Å²) < 4.78 is 2.61. The van der Waals surface area contributed by atoms with E-state index in [-0.39, 0.29) is 0 Å². The van der Waals surface area contributed by atoms with Crippen LogP contribution in [0.5, 0.6) is 0 Å². The Kier molecular flexibility index (Phi) is 7.54. The van der Waals surface area contributed by atoms with E-state index >= 15 is 0 Å². The van der Waals surface area contributed by atoms with Gasteiger partial charge in [0.15, 0.2) is 5.82 Å². The van der Waals surface area contributed by atoms with Crippen LogP contribution in [0.15, 0.2) is 231 Å². The Morgan fingerprint density at radius 2 is 0.836 bits per heavy atom. The lowest BCUT2D eigenvalue weighted by molar-refractivity contribution is 0.633. The molecule has 0 N–H and O–H groups in total. The van der Waals surface area contributed by atoms with Crippen LogP contribution in [0, 0.1) is 0 Å². The van der Waals surface area contributed by atoms with Crippen molar-refractivity contribution in [2.24, 2.45) is 0 Å². The van der Waals surface area contributed by atoms with E-state index in [2.05, 4.69) is 231 Å². The van der Waals surface area contributed by atoms with E-state index in [1.165, 1.54) is 98.1 Å². The van der Waals surface area contributed by atoms with Crippen LogP contribution in [-0.2, 0) is 10.8 Å². The van der Waals surface area contributed by atoms with Crippen LogP contribution >= 0.6 is 11.3 Å². The van der Waals surface area contributed by atoms with Crippen molar-refractivity contribution in [3.63, 3.8) is 0 Å². The van der Waals surface area contributed by atoms with E-state index in [4.69, 9.17) is 9.97 Å². The Labute approximate surface area is 392 Å². The number of thiophene rings is 1. The number of benzene rings is 10. The summed E-state index contributed by atoms with van der Waals surface area (Å²) in [7, 11) is 0. The molecule has 2 spiro atoms. The van der Waals surface area contributed by atoms with Gasteiger partial charge in [0.25, 0.3) is 0 Å². The first-order valence-corrected chi connectivity index (χ1v) is 24.0. The molecule has 0 atom stereocenters. The Bertz CT molecular complexity index is 3950. The van der Waals surface area contributed by atoms with Gasteiger partial charge in [-0.15, -0.1) is 11.3 Å². The largest absolute Gasteiger partial charge is 0.228 e. The highest BCUT2D eigenvalue weighted by Gasteiger charge is 2.59. The van der Waals surface area contributed by atoms with Crippen molar-refractivity contribution in [2.45, 2.75) is 10.8 Å². The molecule has 0 amide bonds. The van der Waals surface area contributed by atoms with E-state index in [9.17, 15) is 0 Å². The van der Waals surface area contributed by atoms with Gasteiger partial charge in [-0.25, -0.2) is 9.97 Å². The SMILES string of the molecule is c1ccc(-c2ccc(-c3nc(-c4ccc5c(c4)C4(c6ccccc6C6(c7ccccc7-c7ccccc76)c6ccccc64)c4ccc6sc7ccccc7c6c4-5)nc4ccccc34)cc2)cc1. The predicted octanol–water partition coefficient (Wildman–Crippen LogP) is 16.0. The first-order valence-electron chi connectivity index (χ1n) is 23.1. The summed E-state index contributed by atoms with van der Waals surface area (Å²) in [5.74, 6) is 0.716. The average molecular weight is 867 g/mol. The van der Waals surface area contributed by atoms with Crippen molar-refractivity contribution >= 4 is 42.4 Å². The quantitative estimate of drug-likeness (QED) is 0.177. The molecule has 3 aliphatic rings. The Hall–Kier alpha value is -8.24. The van der Waals surface area contributed by atoms with Crippen LogP contribution in [0.2, 0.25) is 0 Å². The Morgan fingerprint density at radius 1 is 0.313 bits per heavy atom. The fourth-order valence-corrected chi connectivity index (χ4v) is 13.7. The maximum atomic E-state index is 5.52. The van der Waals surface area contributed by atoms with E-state index in [1.807, 2.05) is 11.3 Å². The normalized spacial score (nSPS) is 14.2. The number of fused-ring (bicyclic) bond motifs is 21. The molecule has 12 aromatic rings.